The molecular weight excluding hydrogens is 187 g/mol. The van der Waals surface area contributed by atoms with E-state index in [1.807, 2.05) is 11.8 Å². The molecule has 10 heavy (non-hydrogen) atoms. The lowest BCUT2D eigenvalue weighted by Crippen LogP contribution is -2.05. The van der Waals surface area contributed by atoms with Gasteiger partial charge < -0.3 is 0 Å². The summed E-state index contributed by atoms with van der Waals surface area (Å²) in [5.74, 6) is 4.31. The maximum atomic E-state index is 5.65. The molecule has 0 aliphatic carbocycles. The number of thioether (sulfide) groups is 1. The predicted octanol–water partition coefficient (Wildman–Crippen LogP) is 3.22. The highest BCUT2D eigenvalue weighted by atomic mass is 35.5. The van der Waals surface area contributed by atoms with Crippen molar-refractivity contribution in [2.75, 3.05) is 23.3 Å². The van der Waals surface area contributed by atoms with Crippen molar-refractivity contribution in [3.63, 3.8) is 0 Å². The van der Waals surface area contributed by atoms with Gasteiger partial charge in [-0.2, -0.15) is 11.8 Å². The van der Waals surface area contributed by atoms with Gasteiger partial charge in [0, 0.05) is 11.8 Å². The van der Waals surface area contributed by atoms with E-state index in [1.54, 1.807) is 0 Å². The minimum absolute atomic E-state index is 0.516. The van der Waals surface area contributed by atoms with Crippen LogP contribution < -0.4 is 0 Å². The molecule has 0 unspecified atom stereocenters. The van der Waals surface area contributed by atoms with Gasteiger partial charge in [-0.05, 0) is 23.8 Å². The first-order chi connectivity index (χ1) is 4.85. The van der Waals surface area contributed by atoms with E-state index in [4.69, 9.17) is 23.2 Å². The molecule has 0 rings (SSSR count). The second-order valence-electron chi connectivity index (χ2n) is 2.16. The van der Waals surface area contributed by atoms with Crippen LogP contribution in [0, 0.1) is 5.92 Å². The molecule has 0 bridgehead atoms. The normalized spacial score (nSPS) is 10.8. The molecule has 0 N–H and O–H groups in total. The highest BCUT2D eigenvalue weighted by Crippen LogP contribution is 2.12. The molecule has 0 fully saturated rings. The van der Waals surface area contributed by atoms with Crippen molar-refractivity contribution in [1.82, 2.24) is 0 Å². The first kappa shape index (κ1) is 10.9. The number of hydrogen-bond acceptors (Lipinski definition) is 1. The quantitative estimate of drug-likeness (QED) is 0.469. The molecule has 0 amide bonds. The van der Waals surface area contributed by atoms with Crippen molar-refractivity contribution < 1.29 is 0 Å². The Morgan fingerprint density at radius 2 is 1.90 bits per heavy atom. The monoisotopic (exact) mass is 200 g/mol. The Labute approximate surface area is 77.7 Å². The summed E-state index contributed by atoms with van der Waals surface area (Å²) < 4.78 is 0. The van der Waals surface area contributed by atoms with Crippen LogP contribution in [0.5, 0.6) is 0 Å². The third kappa shape index (κ3) is 5.70. The lowest BCUT2D eigenvalue weighted by molar-refractivity contribution is 0.646. The molecule has 0 aromatic heterocycles. The predicted molar refractivity (Wildman–Crippen MR) is 52.5 cm³/mol. The summed E-state index contributed by atoms with van der Waals surface area (Å²) in [7, 11) is 0. The number of alkyl halides is 2. The fourth-order valence-corrected chi connectivity index (χ4v) is 2.02. The van der Waals surface area contributed by atoms with Crippen LogP contribution in [0.15, 0.2) is 0 Å². The summed E-state index contributed by atoms with van der Waals surface area (Å²) in [5.41, 5.74) is 0. The molecule has 0 saturated carbocycles. The largest absolute Gasteiger partial charge is 0.162 e. The Hall–Kier alpha value is 0.930. The molecular formula is C7H14Cl2S. The Balaban J connectivity index is 3.09. The number of halogens is 2. The van der Waals surface area contributed by atoms with Crippen LogP contribution in [-0.4, -0.2) is 23.3 Å². The third-order valence-electron chi connectivity index (χ3n) is 1.31. The zero-order valence-corrected chi connectivity index (χ0v) is 8.61. The molecule has 0 saturated heterocycles. The van der Waals surface area contributed by atoms with Crippen LogP contribution in [0.25, 0.3) is 0 Å². The molecule has 62 valence electrons. The highest BCUT2D eigenvalue weighted by molar-refractivity contribution is 7.99. The minimum Gasteiger partial charge on any atom is -0.162 e. The van der Waals surface area contributed by atoms with Crippen LogP contribution in [0.2, 0.25) is 0 Å². The lowest BCUT2D eigenvalue weighted by Gasteiger charge is -2.07. The van der Waals surface area contributed by atoms with Crippen molar-refractivity contribution in [3.05, 3.63) is 0 Å². The Morgan fingerprint density at radius 1 is 1.30 bits per heavy atom. The van der Waals surface area contributed by atoms with E-state index < -0.39 is 0 Å². The molecule has 0 aromatic rings. The Kier molecular flexibility index (Phi) is 8.78. The van der Waals surface area contributed by atoms with Crippen LogP contribution in [0.1, 0.15) is 13.3 Å². The molecule has 0 nitrogen and oxygen atoms in total. The summed E-state index contributed by atoms with van der Waals surface area (Å²) >= 11 is 13.3. The number of hydrogen-bond donors (Lipinski definition) is 0. The van der Waals surface area contributed by atoms with Gasteiger partial charge in [-0.1, -0.05) is 6.92 Å². The van der Waals surface area contributed by atoms with E-state index in [0.717, 1.165) is 6.42 Å². The topological polar surface area (TPSA) is 0 Å². The van der Waals surface area contributed by atoms with E-state index in [2.05, 4.69) is 6.92 Å². The smallest absolute Gasteiger partial charge is 0.0263 e. The van der Waals surface area contributed by atoms with Gasteiger partial charge in [-0.3, -0.25) is 0 Å². The van der Waals surface area contributed by atoms with E-state index in [0.29, 0.717) is 17.7 Å². The van der Waals surface area contributed by atoms with Gasteiger partial charge in [0.25, 0.3) is 0 Å². The summed E-state index contributed by atoms with van der Waals surface area (Å²) in [6, 6.07) is 0. The maximum Gasteiger partial charge on any atom is 0.0263 e. The van der Waals surface area contributed by atoms with Gasteiger partial charge in [0.1, 0.15) is 0 Å². The molecule has 0 heterocycles. The SMILES string of the molecule is CCSCCC(CCl)CCl. The molecule has 0 spiro atoms. The first-order valence-electron chi connectivity index (χ1n) is 3.54. The van der Waals surface area contributed by atoms with E-state index in [-0.39, 0.29) is 0 Å². The maximum absolute atomic E-state index is 5.65. The van der Waals surface area contributed by atoms with Crippen molar-refractivity contribution in [2.45, 2.75) is 13.3 Å². The molecule has 0 aliphatic rings. The molecule has 3 heteroatoms. The lowest BCUT2D eigenvalue weighted by atomic mass is 10.2. The third-order valence-corrected chi connectivity index (χ3v) is 3.12. The van der Waals surface area contributed by atoms with E-state index in [9.17, 15) is 0 Å². The van der Waals surface area contributed by atoms with Gasteiger partial charge in [-0.15, -0.1) is 23.2 Å². The molecule has 0 radical (unpaired) electrons. The van der Waals surface area contributed by atoms with Gasteiger partial charge in [0.05, 0.1) is 0 Å². The fourth-order valence-electron chi connectivity index (χ4n) is 0.590. The first-order valence-corrected chi connectivity index (χ1v) is 5.77. The van der Waals surface area contributed by atoms with Crippen LogP contribution in [0.3, 0.4) is 0 Å². The molecule has 0 aliphatic heterocycles. The van der Waals surface area contributed by atoms with Crippen LogP contribution >= 0.6 is 35.0 Å². The Bertz CT molecular complexity index is 64.6. The minimum atomic E-state index is 0.516. The summed E-state index contributed by atoms with van der Waals surface area (Å²) in [5, 5.41) is 0. The summed E-state index contributed by atoms with van der Waals surface area (Å²) in [6.07, 6.45) is 1.16. The van der Waals surface area contributed by atoms with Gasteiger partial charge >= 0.3 is 0 Å². The second-order valence-corrected chi connectivity index (χ2v) is 4.17. The van der Waals surface area contributed by atoms with Gasteiger partial charge in [0.15, 0.2) is 0 Å². The summed E-state index contributed by atoms with van der Waals surface area (Å²) in [4.78, 5) is 0. The van der Waals surface area contributed by atoms with Crippen LogP contribution in [-0.2, 0) is 0 Å². The summed E-state index contributed by atoms with van der Waals surface area (Å²) in [6.45, 7) is 2.17. The van der Waals surface area contributed by atoms with Crippen molar-refractivity contribution in [2.24, 2.45) is 5.92 Å². The van der Waals surface area contributed by atoms with Crippen LogP contribution in [0.4, 0.5) is 0 Å². The van der Waals surface area contributed by atoms with Crippen molar-refractivity contribution in [3.8, 4) is 0 Å². The second kappa shape index (κ2) is 8.03. The fraction of sp³-hybridized carbons (Fsp3) is 1.00. The average Bonchev–Trinajstić information content (AvgIpc) is 1.99. The number of rotatable bonds is 6. The average molecular weight is 201 g/mol. The Morgan fingerprint density at radius 3 is 2.30 bits per heavy atom. The van der Waals surface area contributed by atoms with E-state index >= 15 is 0 Å². The molecule has 0 atom stereocenters. The van der Waals surface area contributed by atoms with E-state index in [1.165, 1.54) is 11.5 Å². The highest BCUT2D eigenvalue weighted by Gasteiger charge is 2.03. The van der Waals surface area contributed by atoms with Gasteiger partial charge in [0.2, 0.25) is 0 Å². The molecule has 0 aromatic carbocycles. The van der Waals surface area contributed by atoms with Crippen molar-refractivity contribution >= 4 is 35.0 Å². The zero-order valence-electron chi connectivity index (χ0n) is 6.28. The van der Waals surface area contributed by atoms with Crippen molar-refractivity contribution in [1.29, 1.82) is 0 Å². The standard InChI is InChI=1S/C7H14Cl2S/c1-2-10-4-3-7(5-8)6-9/h7H,2-6H2,1H3. The zero-order chi connectivity index (χ0) is 7.82. The van der Waals surface area contributed by atoms with Gasteiger partial charge in [-0.25, -0.2) is 0 Å².